The smallest absolute Gasteiger partial charge is 0.322 e. The first-order chi connectivity index (χ1) is 13.3. The second-order valence-corrected chi connectivity index (χ2v) is 8.19. The molecule has 0 saturated carbocycles. The van der Waals surface area contributed by atoms with Gasteiger partial charge in [-0.15, -0.1) is 0 Å². The number of carbonyl (C=O) groups excluding carboxylic acids is 2. The molecular formula is C19H18F2N2O4S. The molecule has 0 atom stereocenters. The molecular weight excluding hydrogens is 390 g/mol. The molecule has 148 valence electrons. The number of piperidine rings is 1. The molecule has 28 heavy (non-hydrogen) atoms. The van der Waals surface area contributed by atoms with Gasteiger partial charge in [0.1, 0.15) is 0 Å². The van der Waals surface area contributed by atoms with Gasteiger partial charge >= 0.3 is 5.76 Å². The highest BCUT2D eigenvalue weighted by Crippen LogP contribution is 2.25. The third-order valence-electron chi connectivity index (χ3n) is 4.43. The summed E-state index contributed by atoms with van der Waals surface area (Å²) in [6.07, 6.45) is 2.28. The Bertz CT molecular complexity index is 991. The Morgan fingerprint density at radius 2 is 1.71 bits per heavy atom. The molecule has 0 bridgehead atoms. The van der Waals surface area contributed by atoms with Crippen molar-refractivity contribution < 1.29 is 26.8 Å². The molecule has 3 rings (SSSR count). The van der Waals surface area contributed by atoms with Gasteiger partial charge in [0.25, 0.3) is 5.91 Å². The van der Waals surface area contributed by atoms with E-state index in [9.17, 15) is 26.8 Å². The van der Waals surface area contributed by atoms with Crippen LogP contribution in [-0.2, 0) is 14.6 Å². The monoisotopic (exact) mass is 408 g/mol. The highest BCUT2D eigenvalue weighted by atomic mass is 32.2. The molecule has 1 heterocycles. The number of halogens is 2. The second kappa shape index (κ2) is 8.05. The third-order valence-corrected chi connectivity index (χ3v) is 5.87. The minimum atomic E-state index is -4.91. The summed E-state index contributed by atoms with van der Waals surface area (Å²) < 4.78 is 49.3. The van der Waals surface area contributed by atoms with Gasteiger partial charge in [-0.1, -0.05) is 12.1 Å². The maximum absolute atomic E-state index is 12.9. The van der Waals surface area contributed by atoms with E-state index in [1.54, 1.807) is 29.2 Å². The van der Waals surface area contributed by atoms with Crippen molar-refractivity contribution in [1.29, 1.82) is 0 Å². The zero-order chi connectivity index (χ0) is 20.3. The molecule has 1 aliphatic rings. The molecule has 1 fully saturated rings. The standard InChI is InChI=1S/C19H18F2N2O4S/c20-19(21)28(26,27)16-6-2-1-5-15(16)18(25)22-13-8-10-14(11-9-13)23-12-4-3-7-17(23)24/h1-2,5-6,8-11,19H,3-4,7,12H2,(H,22,25). The van der Waals surface area contributed by atoms with Crippen molar-refractivity contribution in [3.05, 3.63) is 54.1 Å². The normalized spacial score (nSPS) is 15.0. The van der Waals surface area contributed by atoms with Crippen LogP contribution in [0.4, 0.5) is 20.2 Å². The molecule has 1 aliphatic heterocycles. The molecule has 0 aromatic heterocycles. The van der Waals surface area contributed by atoms with E-state index in [1.165, 1.54) is 18.2 Å². The van der Waals surface area contributed by atoms with E-state index in [4.69, 9.17) is 0 Å². The lowest BCUT2D eigenvalue weighted by Crippen LogP contribution is -2.35. The first kappa shape index (κ1) is 19.9. The Balaban J connectivity index is 1.80. The van der Waals surface area contributed by atoms with Crippen molar-refractivity contribution >= 4 is 33.0 Å². The van der Waals surface area contributed by atoms with Crippen LogP contribution in [0, 0.1) is 0 Å². The van der Waals surface area contributed by atoms with Gasteiger partial charge in [0, 0.05) is 24.3 Å². The van der Waals surface area contributed by atoms with Gasteiger partial charge in [-0.25, -0.2) is 8.42 Å². The molecule has 2 aromatic carbocycles. The van der Waals surface area contributed by atoms with Gasteiger partial charge in [0.05, 0.1) is 10.5 Å². The second-order valence-electron chi connectivity index (χ2n) is 6.31. The minimum Gasteiger partial charge on any atom is -0.322 e. The van der Waals surface area contributed by atoms with Gasteiger partial charge in [-0.2, -0.15) is 8.78 Å². The van der Waals surface area contributed by atoms with Crippen LogP contribution in [0.3, 0.4) is 0 Å². The largest absolute Gasteiger partial charge is 0.341 e. The van der Waals surface area contributed by atoms with E-state index in [2.05, 4.69) is 5.32 Å². The van der Waals surface area contributed by atoms with E-state index in [0.29, 0.717) is 24.3 Å². The van der Waals surface area contributed by atoms with E-state index in [0.717, 1.165) is 18.9 Å². The average molecular weight is 408 g/mol. The SMILES string of the molecule is O=C(Nc1ccc(N2CCCCC2=O)cc1)c1ccccc1S(=O)(=O)C(F)F. The fraction of sp³-hybridized carbons (Fsp3) is 0.263. The van der Waals surface area contributed by atoms with Crippen LogP contribution in [0.2, 0.25) is 0 Å². The van der Waals surface area contributed by atoms with Crippen LogP contribution in [0.25, 0.3) is 0 Å². The van der Waals surface area contributed by atoms with E-state index in [-0.39, 0.29) is 11.5 Å². The summed E-state index contributed by atoms with van der Waals surface area (Å²) in [4.78, 5) is 25.4. The molecule has 6 nitrogen and oxygen atoms in total. The van der Waals surface area contributed by atoms with E-state index < -0.39 is 26.4 Å². The summed E-state index contributed by atoms with van der Waals surface area (Å²) in [6.45, 7) is 0.628. The molecule has 0 unspecified atom stereocenters. The number of nitrogens with one attached hydrogen (secondary N) is 1. The quantitative estimate of drug-likeness (QED) is 0.821. The average Bonchev–Trinajstić information content (AvgIpc) is 2.69. The van der Waals surface area contributed by atoms with Crippen molar-refractivity contribution in [3.8, 4) is 0 Å². The van der Waals surface area contributed by atoms with Gasteiger partial charge in [0.15, 0.2) is 0 Å². The van der Waals surface area contributed by atoms with Crippen molar-refractivity contribution in [2.75, 3.05) is 16.8 Å². The first-order valence-electron chi connectivity index (χ1n) is 8.63. The maximum Gasteiger partial charge on any atom is 0.341 e. The van der Waals surface area contributed by atoms with Gasteiger partial charge in [-0.3, -0.25) is 9.59 Å². The topological polar surface area (TPSA) is 83.6 Å². The highest BCUT2D eigenvalue weighted by Gasteiger charge is 2.30. The lowest BCUT2D eigenvalue weighted by atomic mass is 10.1. The summed E-state index contributed by atoms with van der Waals surface area (Å²) in [5, 5.41) is 2.50. The molecule has 0 aliphatic carbocycles. The van der Waals surface area contributed by atoms with Crippen LogP contribution < -0.4 is 10.2 Å². The maximum atomic E-state index is 12.9. The van der Waals surface area contributed by atoms with Crippen molar-refractivity contribution in [2.24, 2.45) is 0 Å². The van der Waals surface area contributed by atoms with Crippen LogP contribution in [0.5, 0.6) is 0 Å². The van der Waals surface area contributed by atoms with Crippen molar-refractivity contribution in [2.45, 2.75) is 29.9 Å². The number of hydrogen-bond acceptors (Lipinski definition) is 4. The Morgan fingerprint density at radius 1 is 1.04 bits per heavy atom. The number of hydrogen-bond donors (Lipinski definition) is 1. The summed E-state index contributed by atoms with van der Waals surface area (Å²) in [5.41, 5.74) is 0.684. The Kier molecular flexibility index (Phi) is 5.73. The fourth-order valence-corrected chi connectivity index (χ4v) is 3.93. The van der Waals surface area contributed by atoms with Crippen LogP contribution in [0.15, 0.2) is 53.4 Å². The number of rotatable bonds is 5. The predicted octanol–water partition coefficient (Wildman–Crippen LogP) is 3.45. The number of benzene rings is 2. The summed E-state index contributed by atoms with van der Waals surface area (Å²) in [5.74, 6) is -4.40. The number of anilines is 2. The Morgan fingerprint density at radius 3 is 2.36 bits per heavy atom. The fourth-order valence-electron chi connectivity index (χ4n) is 3.00. The third kappa shape index (κ3) is 4.04. The predicted molar refractivity (Wildman–Crippen MR) is 100 cm³/mol. The number of carbonyl (C=O) groups is 2. The zero-order valence-corrected chi connectivity index (χ0v) is 15.6. The van der Waals surface area contributed by atoms with Crippen LogP contribution >= 0.6 is 0 Å². The van der Waals surface area contributed by atoms with E-state index >= 15 is 0 Å². The number of nitrogens with zero attached hydrogens (tertiary/aromatic N) is 1. The van der Waals surface area contributed by atoms with Gasteiger partial charge < -0.3 is 10.2 Å². The zero-order valence-electron chi connectivity index (χ0n) is 14.8. The van der Waals surface area contributed by atoms with E-state index in [1.807, 2.05) is 0 Å². The van der Waals surface area contributed by atoms with Crippen molar-refractivity contribution in [1.82, 2.24) is 0 Å². The lowest BCUT2D eigenvalue weighted by Gasteiger charge is -2.26. The number of amides is 2. The summed E-state index contributed by atoms with van der Waals surface area (Å²) in [6, 6.07) is 11.3. The summed E-state index contributed by atoms with van der Waals surface area (Å²) in [7, 11) is -4.91. The van der Waals surface area contributed by atoms with Crippen molar-refractivity contribution in [3.63, 3.8) is 0 Å². The molecule has 9 heteroatoms. The Hall–Kier alpha value is -2.81. The molecule has 1 saturated heterocycles. The molecule has 0 radical (unpaired) electrons. The highest BCUT2D eigenvalue weighted by molar-refractivity contribution is 7.91. The van der Waals surface area contributed by atoms with Gasteiger partial charge in [0.2, 0.25) is 15.7 Å². The lowest BCUT2D eigenvalue weighted by molar-refractivity contribution is -0.119. The molecule has 2 amide bonds. The molecule has 0 spiro atoms. The number of sulfone groups is 1. The van der Waals surface area contributed by atoms with Crippen LogP contribution in [-0.4, -0.2) is 32.5 Å². The van der Waals surface area contributed by atoms with Crippen LogP contribution in [0.1, 0.15) is 29.6 Å². The Labute approximate surface area is 161 Å². The number of alkyl halides is 2. The van der Waals surface area contributed by atoms with Gasteiger partial charge in [-0.05, 0) is 49.2 Å². The molecule has 2 aromatic rings. The molecule has 1 N–H and O–H groups in total. The first-order valence-corrected chi connectivity index (χ1v) is 10.2. The summed E-state index contributed by atoms with van der Waals surface area (Å²) >= 11 is 0. The minimum absolute atomic E-state index is 0.0363.